The highest BCUT2D eigenvalue weighted by molar-refractivity contribution is 5.90. The zero-order chi connectivity index (χ0) is 13.0. The Bertz CT molecular complexity index is 540. The fourth-order valence-corrected chi connectivity index (χ4v) is 1.48. The maximum atomic E-state index is 13.5. The number of benzene rings is 1. The van der Waals surface area contributed by atoms with E-state index >= 15 is 0 Å². The van der Waals surface area contributed by atoms with E-state index < -0.39 is 11.8 Å². The first-order chi connectivity index (χ1) is 8.70. The van der Waals surface area contributed by atoms with Gasteiger partial charge in [-0.05, 0) is 18.2 Å². The van der Waals surface area contributed by atoms with Gasteiger partial charge >= 0.3 is 5.97 Å². The topological polar surface area (TPSA) is 67.0 Å². The van der Waals surface area contributed by atoms with Crippen molar-refractivity contribution in [3.05, 3.63) is 47.8 Å². The van der Waals surface area contributed by atoms with Crippen molar-refractivity contribution in [2.24, 2.45) is 0 Å². The van der Waals surface area contributed by atoms with Gasteiger partial charge in [0, 0.05) is 12.4 Å². The summed E-state index contributed by atoms with van der Waals surface area (Å²) in [6.45, 7) is 0.342. The predicted octanol–water partition coefficient (Wildman–Crippen LogP) is 1.95. The zero-order valence-corrected chi connectivity index (χ0v) is 9.74. The van der Waals surface area contributed by atoms with Gasteiger partial charge in [-0.1, -0.05) is 0 Å². The van der Waals surface area contributed by atoms with Crippen molar-refractivity contribution in [2.45, 2.75) is 6.54 Å². The molecule has 0 radical (unpaired) electrons. The lowest BCUT2D eigenvalue weighted by Gasteiger charge is -2.07. The quantitative estimate of drug-likeness (QED) is 0.813. The van der Waals surface area contributed by atoms with Crippen LogP contribution in [0.25, 0.3) is 0 Å². The van der Waals surface area contributed by atoms with Crippen LogP contribution in [0.4, 0.5) is 10.1 Å². The number of imidazole rings is 1. The molecule has 0 saturated carbocycles. The van der Waals surface area contributed by atoms with Crippen LogP contribution in [0, 0.1) is 5.82 Å². The smallest absolute Gasteiger partial charge is 0.337 e. The van der Waals surface area contributed by atoms with Crippen molar-refractivity contribution in [1.82, 2.24) is 9.97 Å². The minimum atomic E-state index is -0.504. The van der Waals surface area contributed by atoms with Crippen molar-refractivity contribution in [2.75, 3.05) is 12.4 Å². The largest absolute Gasteiger partial charge is 0.465 e. The van der Waals surface area contributed by atoms with Gasteiger partial charge in [0.05, 0.1) is 24.9 Å². The first-order valence-electron chi connectivity index (χ1n) is 5.30. The number of anilines is 1. The molecule has 0 aliphatic heterocycles. The number of methoxy groups -OCH3 is 1. The molecule has 0 fully saturated rings. The number of H-pyrrole nitrogens is 1. The van der Waals surface area contributed by atoms with E-state index in [9.17, 15) is 9.18 Å². The lowest BCUT2D eigenvalue weighted by molar-refractivity contribution is 0.0600. The Kier molecular flexibility index (Phi) is 3.57. The fraction of sp³-hybridized carbons (Fsp3) is 0.167. The molecule has 5 nitrogen and oxygen atoms in total. The Morgan fingerprint density at radius 1 is 1.56 bits per heavy atom. The number of halogens is 1. The molecule has 1 aromatic carbocycles. The van der Waals surface area contributed by atoms with Crippen molar-refractivity contribution in [3.8, 4) is 0 Å². The number of ether oxygens (including phenoxy) is 1. The van der Waals surface area contributed by atoms with E-state index in [-0.39, 0.29) is 5.69 Å². The van der Waals surface area contributed by atoms with Gasteiger partial charge in [0.15, 0.2) is 0 Å². The van der Waals surface area contributed by atoms with Crippen LogP contribution in [-0.4, -0.2) is 23.0 Å². The fourth-order valence-electron chi connectivity index (χ4n) is 1.48. The van der Waals surface area contributed by atoms with Crippen LogP contribution in [0.2, 0.25) is 0 Å². The van der Waals surface area contributed by atoms with Gasteiger partial charge in [-0.15, -0.1) is 0 Å². The normalized spacial score (nSPS) is 10.1. The number of aromatic amines is 1. The van der Waals surface area contributed by atoms with Gasteiger partial charge in [-0.2, -0.15) is 0 Å². The molecular formula is C12H12FN3O2. The number of nitrogens with zero attached hydrogens (tertiary/aromatic N) is 1. The highest BCUT2D eigenvalue weighted by atomic mass is 19.1. The highest BCUT2D eigenvalue weighted by Crippen LogP contribution is 2.17. The van der Waals surface area contributed by atoms with E-state index in [1.54, 1.807) is 12.4 Å². The van der Waals surface area contributed by atoms with Crippen LogP contribution in [-0.2, 0) is 11.3 Å². The molecule has 6 heteroatoms. The standard InChI is InChI=1S/C12H12FN3O2/c1-18-12(17)8-2-3-9(13)10(6-8)16-7-11-14-4-5-15-11/h2-6,16H,7H2,1H3,(H,14,15). The van der Waals surface area contributed by atoms with Gasteiger partial charge in [-0.25, -0.2) is 14.2 Å². The molecule has 1 heterocycles. The van der Waals surface area contributed by atoms with Gasteiger partial charge in [0.25, 0.3) is 0 Å². The number of nitrogens with one attached hydrogen (secondary N) is 2. The minimum absolute atomic E-state index is 0.231. The highest BCUT2D eigenvalue weighted by Gasteiger charge is 2.09. The van der Waals surface area contributed by atoms with Gasteiger partial charge in [-0.3, -0.25) is 0 Å². The number of aromatic nitrogens is 2. The average molecular weight is 249 g/mol. The molecule has 1 aromatic heterocycles. The number of rotatable bonds is 4. The monoisotopic (exact) mass is 249 g/mol. The van der Waals surface area contributed by atoms with E-state index in [2.05, 4.69) is 20.0 Å². The molecule has 0 aliphatic carbocycles. The van der Waals surface area contributed by atoms with Crippen LogP contribution in [0.15, 0.2) is 30.6 Å². The maximum absolute atomic E-state index is 13.5. The second-order valence-corrected chi connectivity index (χ2v) is 3.58. The summed E-state index contributed by atoms with van der Waals surface area (Å²) < 4.78 is 18.1. The van der Waals surface area contributed by atoms with E-state index in [4.69, 9.17) is 0 Å². The van der Waals surface area contributed by atoms with Gasteiger partial charge in [0.2, 0.25) is 0 Å². The van der Waals surface area contributed by atoms with E-state index in [1.165, 1.54) is 25.3 Å². The number of esters is 1. The number of hydrogen-bond donors (Lipinski definition) is 2. The molecule has 0 spiro atoms. The minimum Gasteiger partial charge on any atom is -0.465 e. The van der Waals surface area contributed by atoms with Crippen LogP contribution < -0.4 is 5.32 Å². The number of hydrogen-bond acceptors (Lipinski definition) is 4. The van der Waals surface area contributed by atoms with Gasteiger partial charge in [0.1, 0.15) is 11.6 Å². The third kappa shape index (κ3) is 2.65. The van der Waals surface area contributed by atoms with Crippen molar-refractivity contribution >= 4 is 11.7 Å². The molecule has 0 aliphatic rings. The summed E-state index contributed by atoms with van der Waals surface area (Å²) in [6, 6.07) is 4.00. The molecule has 0 atom stereocenters. The lowest BCUT2D eigenvalue weighted by atomic mass is 10.2. The second kappa shape index (κ2) is 5.31. The molecule has 0 bridgehead atoms. The molecule has 2 rings (SSSR count). The second-order valence-electron chi connectivity index (χ2n) is 3.58. The Morgan fingerprint density at radius 3 is 3.06 bits per heavy atom. The summed E-state index contributed by atoms with van der Waals surface area (Å²) in [6.07, 6.45) is 3.29. The summed E-state index contributed by atoms with van der Waals surface area (Å²) >= 11 is 0. The van der Waals surface area contributed by atoms with Crippen LogP contribution >= 0.6 is 0 Å². The Labute approximate surface area is 103 Å². The Hall–Kier alpha value is -2.37. The molecule has 0 saturated heterocycles. The maximum Gasteiger partial charge on any atom is 0.337 e. The average Bonchev–Trinajstić information content (AvgIpc) is 2.90. The first kappa shape index (κ1) is 12.1. The lowest BCUT2D eigenvalue weighted by Crippen LogP contribution is -2.06. The molecule has 0 amide bonds. The van der Waals surface area contributed by atoms with E-state index in [1.807, 2.05) is 0 Å². The summed E-state index contributed by atoms with van der Waals surface area (Å²) in [4.78, 5) is 18.2. The summed E-state index contributed by atoms with van der Waals surface area (Å²) in [7, 11) is 1.28. The molecule has 2 N–H and O–H groups in total. The first-order valence-corrected chi connectivity index (χ1v) is 5.30. The van der Waals surface area contributed by atoms with Gasteiger partial charge < -0.3 is 15.0 Å². The number of carbonyl (C=O) groups is 1. The zero-order valence-electron chi connectivity index (χ0n) is 9.74. The van der Waals surface area contributed by atoms with Crippen molar-refractivity contribution in [1.29, 1.82) is 0 Å². The van der Waals surface area contributed by atoms with Crippen molar-refractivity contribution < 1.29 is 13.9 Å². The Balaban J connectivity index is 2.13. The SMILES string of the molecule is COC(=O)c1ccc(F)c(NCc2ncc[nH]2)c1. The molecule has 2 aromatic rings. The predicted molar refractivity (Wildman–Crippen MR) is 63.7 cm³/mol. The van der Waals surface area contributed by atoms with Crippen LogP contribution in [0.3, 0.4) is 0 Å². The molecular weight excluding hydrogens is 237 g/mol. The summed E-state index contributed by atoms with van der Waals surface area (Å²) in [5.74, 6) is -0.261. The Morgan fingerprint density at radius 2 is 2.39 bits per heavy atom. The van der Waals surface area contributed by atoms with E-state index in [0.717, 1.165) is 0 Å². The van der Waals surface area contributed by atoms with E-state index in [0.29, 0.717) is 17.9 Å². The third-order valence-corrected chi connectivity index (χ3v) is 2.39. The van der Waals surface area contributed by atoms with Crippen molar-refractivity contribution in [3.63, 3.8) is 0 Å². The third-order valence-electron chi connectivity index (χ3n) is 2.39. The molecule has 0 unspecified atom stereocenters. The van der Waals surface area contributed by atoms with Crippen LogP contribution in [0.5, 0.6) is 0 Å². The molecule has 18 heavy (non-hydrogen) atoms. The van der Waals surface area contributed by atoms with Crippen LogP contribution in [0.1, 0.15) is 16.2 Å². The summed E-state index contributed by atoms with van der Waals surface area (Å²) in [5, 5.41) is 2.86. The number of carbonyl (C=O) groups excluding carboxylic acids is 1. The summed E-state index contributed by atoms with van der Waals surface area (Å²) in [5.41, 5.74) is 0.523. The molecule has 94 valence electrons.